The third-order valence-electron chi connectivity index (χ3n) is 15.6. The molecule has 7 aromatic rings. The molecule has 13 rings (SSSR count). The quantitative estimate of drug-likeness (QED) is 0.105. The Morgan fingerprint density at radius 2 is 1.05 bits per heavy atom. The molecule has 6 unspecified atom stereocenters. The first-order chi connectivity index (χ1) is 32.5. The Balaban J connectivity index is 1.13. The molecule has 4 aromatic carbocycles. The minimum atomic E-state index is -0.393. The van der Waals surface area contributed by atoms with Gasteiger partial charge in [0, 0.05) is 52.9 Å². The Labute approximate surface area is 388 Å². The molecule has 3 aromatic heterocycles. The maximum absolute atomic E-state index is 7.76. The van der Waals surface area contributed by atoms with Gasteiger partial charge in [0.1, 0.15) is 29.3 Å². The number of rotatable bonds is 14. The van der Waals surface area contributed by atoms with Crippen molar-refractivity contribution in [3.8, 4) is 45.8 Å². The lowest BCUT2D eigenvalue weighted by Gasteiger charge is -2.52. The smallest absolute Gasteiger partial charge is 0.229 e. The molecule has 0 spiro atoms. The maximum atomic E-state index is 7.76. The summed E-state index contributed by atoms with van der Waals surface area (Å²) in [6.07, 6.45) is 9.90. The molecule has 0 aliphatic carbocycles. The second-order valence-electron chi connectivity index (χ2n) is 18.9. The predicted molar refractivity (Wildman–Crippen MR) is 260 cm³/mol. The van der Waals surface area contributed by atoms with E-state index in [0.29, 0.717) is 41.3 Å². The predicted octanol–water partition coefficient (Wildman–Crippen LogP) is 11.4. The molecule has 6 aliphatic rings. The summed E-state index contributed by atoms with van der Waals surface area (Å²) in [4.78, 5) is 26.0. The fourth-order valence-corrected chi connectivity index (χ4v) is 12.1. The van der Waals surface area contributed by atoms with Crippen molar-refractivity contribution in [1.82, 2.24) is 29.7 Å². The van der Waals surface area contributed by atoms with Crippen LogP contribution in [0.4, 0.5) is 0 Å². The van der Waals surface area contributed by atoms with Crippen LogP contribution in [0.5, 0.6) is 23.3 Å². The number of hydrogen-bond acceptors (Lipinski definition) is 10. The van der Waals surface area contributed by atoms with E-state index in [1.54, 1.807) is 14.2 Å². The third-order valence-corrected chi connectivity index (χ3v) is 15.6. The number of benzene rings is 4. The van der Waals surface area contributed by atoms with E-state index in [2.05, 4.69) is 90.4 Å². The summed E-state index contributed by atoms with van der Waals surface area (Å²) in [7, 11) is 3.44. The highest BCUT2D eigenvalue weighted by Crippen LogP contribution is 2.50. The fraction of sp³-hybridized carbons (Fsp3) is 0.393. The molecule has 4 bridgehead atoms. The Kier molecular flexibility index (Phi) is 11.8. The summed E-state index contributed by atoms with van der Waals surface area (Å²) >= 11 is 0. The molecule has 6 aliphatic heterocycles. The highest BCUT2D eigenvalue weighted by atomic mass is 16.5. The molecule has 10 heteroatoms. The van der Waals surface area contributed by atoms with Crippen LogP contribution in [0.25, 0.3) is 44.3 Å². The van der Waals surface area contributed by atoms with Crippen molar-refractivity contribution in [2.75, 3.05) is 40.4 Å². The Morgan fingerprint density at radius 3 is 1.47 bits per heavy atom. The van der Waals surface area contributed by atoms with Gasteiger partial charge in [0.05, 0.1) is 37.3 Å². The van der Waals surface area contributed by atoms with E-state index in [4.69, 9.17) is 38.9 Å². The van der Waals surface area contributed by atoms with Gasteiger partial charge in [-0.05, 0) is 117 Å². The Hall–Kier alpha value is -6.10. The van der Waals surface area contributed by atoms with Gasteiger partial charge in [0.25, 0.3) is 0 Å². The van der Waals surface area contributed by atoms with Gasteiger partial charge in [0.2, 0.25) is 11.8 Å². The van der Waals surface area contributed by atoms with Crippen LogP contribution in [-0.4, -0.2) is 82.2 Å². The molecule has 10 nitrogen and oxygen atoms in total. The van der Waals surface area contributed by atoms with E-state index in [1.165, 1.54) is 25.7 Å². The lowest BCUT2D eigenvalue weighted by molar-refractivity contribution is -0.0510. The molecule has 6 saturated heterocycles. The van der Waals surface area contributed by atoms with Gasteiger partial charge in [-0.2, -0.15) is 9.97 Å². The zero-order valence-corrected chi connectivity index (χ0v) is 38.6. The molecule has 0 saturated carbocycles. The minimum absolute atomic E-state index is 0.106. The van der Waals surface area contributed by atoms with Crippen molar-refractivity contribution in [1.29, 1.82) is 0 Å². The lowest BCUT2D eigenvalue weighted by Crippen LogP contribution is -2.56. The first-order valence-electron chi connectivity index (χ1n) is 24.2. The van der Waals surface area contributed by atoms with E-state index >= 15 is 0 Å². The molecule has 6 fully saturated rings. The number of nitrogens with zero attached hydrogens (tertiary/aromatic N) is 6. The largest absolute Gasteiger partial charge is 0.497 e. The normalized spacial score (nSPS) is 25.4. The van der Waals surface area contributed by atoms with Crippen LogP contribution in [-0.2, 0) is 0 Å². The van der Waals surface area contributed by atoms with E-state index in [-0.39, 0.29) is 12.1 Å². The average Bonchev–Trinajstić information content (AvgIpc) is 3.39. The highest BCUT2D eigenvalue weighted by Gasteiger charge is 2.47. The topological polar surface area (TPSA) is 95.0 Å². The first kappa shape index (κ1) is 42.5. The van der Waals surface area contributed by atoms with Gasteiger partial charge < -0.3 is 18.9 Å². The lowest BCUT2D eigenvalue weighted by atomic mass is 9.72. The summed E-state index contributed by atoms with van der Waals surface area (Å²) in [5.74, 6) is 5.70. The zero-order valence-electron chi connectivity index (χ0n) is 38.6. The number of fused-ring (bicyclic) bond motifs is 8. The monoisotopic (exact) mass is 880 g/mol. The Bertz CT molecular complexity index is 2680. The van der Waals surface area contributed by atoms with E-state index in [9.17, 15) is 0 Å². The summed E-state index contributed by atoms with van der Waals surface area (Å²) < 4.78 is 27.2. The molecule has 9 heterocycles. The molecule has 66 heavy (non-hydrogen) atoms. The molecule has 10 atom stereocenters. The molecular formula is C56H60N6O4. The van der Waals surface area contributed by atoms with Gasteiger partial charge in [0.15, 0.2) is 5.82 Å². The summed E-state index contributed by atoms with van der Waals surface area (Å²) in [6, 6.07) is 37.4. The first-order valence-corrected chi connectivity index (χ1v) is 24.2. The van der Waals surface area contributed by atoms with Crippen LogP contribution in [0.2, 0.25) is 0 Å². The van der Waals surface area contributed by atoms with Gasteiger partial charge in [-0.25, -0.2) is 0 Å². The van der Waals surface area contributed by atoms with Crippen LogP contribution in [0.15, 0.2) is 122 Å². The standard InChI is InChI=1S/C56H60N6O4/c1-5-35-33-61-27-23-39(35)29-49(61)52(43-21-25-57-47-19-17-41(63-3)31-45(43)47)65-55-51(37-13-9-7-10-14-37)56(60-54(59-55)38-15-11-8-12-16-38)66-53(50-30-40-24-28-62(50)34-36(40)6-2)44-22-26-58-48-20-18-42(64-4)32-46(44)48/h7-22,25-26,31-32,35-36,39-40,49-50,52-53H,5-6,23-24,27-30,33-34H2,1-4H3/t35-,36-,39?,40?,49?,50?,52-,53-/m0/s1. The average molecular weight is 881 g/mol. The van der Waals surface area contributed by atoms with E-state index in [0.717, 1.165) is 100 Å². The SMILES string of the molecule is CC[C@H]1CN2CCC1CC2[C@@H](Oc1nc(-c2ccccc2)nc(O[C@@H](c2ccnc3ccc(OC)cc23)C2CC3CCN2C[C@@H]3CC)c1-c1ccccc1)c1ccnc2ccc(OC)cc12. The highest BCUT2D eigenvalue weighted by molar-refractivity contribution is 5.85. The van der Waals surface area contributed by atoms with Crippen LogP contribution < -0.4 is 18.9 Å². The molecule has 0 amide bonds. The molecule has 338 valence electrons. The number of aromatic nitrogens is 4. The fourth-order valence-electron chi connectivity index (χ4n) is 12.1. The molecule has 0 N–H and O–H groups in total. The van der Waals surface area contributed by atoms with Crippen LogP contribution >= 0.6 is 0 Å². The van der Waals surface area contributed by atoms with Crippen molar-refractivity contribution in [2.45, 2.75) is 76.7 Å². The minimum Gasteiger partial charge on any atom is -0.497 e. The van der Waals surface area contributed by atoms with Crippen molar-refractivity contribution >= 4 is 21.8 Å². The number of piperidine rings is 6. The number of ether oxygens (including phenoxy) is 4. The second-order valence-corrected chi connectivity index (χ2v) is 18.9. The van der Waals surface area contributed by atoms with Crippen LogP contribution in [0.3, 0.4) is 0 Å². The number of pyridine rings is 2. The summed E-state index contributed by atoms with van der Waals surface area (Å²) in [5.41, 5.74) is 6.48. The zero-order chi connectivity index (χ0) is 44.7. The summed E-state index contributed by atoms with van der Waals surface area (Å²) in [6.45, 7) is 8.88. The van der Waals surface area contributed by atoms with Gasteiger partial charge >= 0.3 is 0 Å². The number of methoxy groups -OCH3 is 2. The maximum Gasteiger partial charge on any atom is 0.229 e. The molecular weight excluding hydrogens is 821 g/mol. The third kappa shape index (κ3) is 7.91. The van der Waals surface area contributed by atoms with E-state index in [1.807, 2.05) is 54.9 Å². The van der Waals surface area contributed by atoms with Gasteiger partial charge in [-0.15, -0.1) is 0 Å². The number of hydrogen-bond donors (Lipinski definition) is 0. The van der Waals surface area contributed by atoms with Crippen molar-refractivity contribution < 1.29 is 18.9 Å². The van der Waals surface area contributed by atoms with Crippen molar-refractivity contribution in [2.24, 2.45) is 23.7 Å². The summed E-state index contributed by atoms with van der Waals surface area (Å²) in [5, 5.41) is 2.02. The van der Waals surface area contributed by atoms with Gasteiger partial charge in [-0.3, -0.25) is 19.8 Å². The molecule has 0 radical (unpaired) electrons. The van der Waals surface area contributed by atoms with Crippen molar-refractivity contribution in [3.05, 3.63) is 133 Å². The second kappa shape index (κ2) is 18.3. The van der Waals surface area contributed by atoms with Crippen LogP contribution in [0, 0.1) is 23.7 Å². The van der Waals surface area contributed by atoms with Crippen LogP contribution in [0.1, 0.15) is 75.7 Å². The van der Waals surface area contributed by atoms with E-state index < -0.39 is 12.2 Å². The van der Waals surface area contributed by atoms with Crippen molar-refractivity contribution in [3.63, 3.8) is 0 Å². The van der Waals surface area contributed by atoms with Gasteiger partial charge in [-0.1, -0.05) is 87.4 Å². The Morgan fingerprint density at radius 1 is 0.576 bits per heavy atom.